The quantitative estimate of drug-likeness (QED) is 0.865. The second-order valence-electron chi connectivity index (χ2n) is 5.87. The van der Waals surface area contributed by atoms with Gasteiger partial charge >= 0.3 is 0 Å². The summed E-state index contributed by atoms with van der Waals surface area (Å²) in [5, 5.41) is 3.17. The molecular weight excluding hydrogens is 302 g/mol. The van der Waals surface area contributed by atoms with Gasteiger partial charge in [-0.05, 0) is 37.5 Å². The summed E-state index contributed by atoms with van der Waals surface area (Å²) in [7, 11) is 0. The van der Waals surface area contributed by atoms with Gasteiger partial charge in [0.25, 0.3) is 0 Å². The van der Waals surface area contributed by atoms with E-state index in [0.717, 1.165) is 22.9 Å². The van der Waals surface area contributed by atoms with E-state index >= 15 is 0 Å². The Hall–Kier alpha value is -0.830. The molecule has 1 amide bonds. The Morgan fingerprint density at radius 1 is 1.32 bits per heavy atom. The second-order valence-corrected chi connectivity index (χ2v) is 6.79. The third kappa shape index (κ3) is 3.59. The Balaban J connectivity index is 2.02. The fraction of sp³-hybridized carbons (Fsp3) is 0.562. The molecule has 1 aromatic carbocycles. The molecule has 0 bridgehead atoms. The van der Waals surface area contributed by atoms with Crippen molar-refractivity contribution in [3.63, 3.8) is 0 Å². The van der Waals surface area contributed by atoms with Crippen molar-refractivity contribution in [2.24, 2.45) is 5.41 Å². The molecule has 1 N–H and O–H groups in total. The number of carbonyl (C=O) groups excluding carboxylic acids is 1. The Morgan fingerprint density at radius 3 is 2.63 bits per heavy atom. The molecule has 1 atom stereocenters. The van der Waals surface area contributed by atoms with Crippen LogP contribution in [0.5, 0.6) is 0 Å². The maximum absolute atomic E-state index is 12.5. The van der Waals surface area contributed by atoms with Crippen LogP contribution in [0.2, 0.25) is 0 Å². The Morgan fingerprint density at radius 2 is 2.00 bits per heavy atom. The van der Waals surface area contributed by atoms with Crippen LogP contribution >= 0.6 is 15.9 Å². The van der Waals surface area contributed by atoms with Crippen LogP contribution in [0.1, 0.15) is 57.6 Å². The van der Waals surface area contributed by atoms with E-state index in [1.165, 1.54) is 19.3 Å². The first kappa shape index (κ1) is 14.6. The second kappa shape index (κ2) is 6.08. The van der Waals surface area contributed by atoms with E-state index in [0.29, 0.717) is 0 Å². The largest absolute Gasteiger partial charge is 0.349 e. The van der Waals surface area contributed by atoms with Gasteiger partial charge in [0, 0.05) is 9.89 Å². The number of benzene rings is 1. The Bertz CT molecular complexity index is 452. The molecule has 0 aromatic heterocycles. The summed E-state index contributed by atoms with van der Waals surface area (Å²) in [5.41, 5.74) is 0.973. The van der Waals surface area contributed by atoms with Gasteiger partial charge in [-0.3, -0.25) is 4.79 Å². The van der Waals surface area contributed by atoms with E-state index < -0.39 is 0 Å². The number of amides is 1. The van der Waals surface area contributed by atoms with Gasteiger partial charge in [-0.25, -0.2) is 0 Å². The zero-order valence-electron chi connectivity index (χ0n) is 11.7. The summed E-state index contributed by atoms with van der Waals surface area (Å²) in [4.78, 5) is 12.5. The number of hydrogen-bond acceptors (Lipinski definition) is 1. The fourth-order valence-electron chi connectivity index (χ4n) is 2.79. The first-order valence-electron chi connectivity index (χ1n) is 7.08. The van der Waals surface area contributed by atoms with E-state index in [1.807, 2.05) is 19.1 Å². The molecule has 1 saturated carbocycles. The maximum atomic E-state index is 12.5. The molecule has 104 valence electrons. The summed E-state index contributed by atoms with van der Waals surface area (Å²) >= 11 is 3.47. The number of halogens is 1. The summed E-state index contributed by atoms with van der Waals surface area (Å²) in [6.45, 7) is 4.15. The minimum absolute atomic E-state index is 0.0590. The molecular formula is C16H22BrNO. The Kier molecular flexibility index (Phi) is 4.67. The van der Waals surface area contributed by atoms with Crippen molar-refractivity contribution in [3.8, 4) is 0 Å². The smallest absolute Gasteiger partial charge is 0.226 e. The van der Waals surface area contributed by atoms with Crippen molar-refractivity contribution >= 4 is 21.8 Å². The van der Waals surface area contributed by atoms with Gasteiger partial charge in [0.1, 0.15) is 0 Å². The topological polar surface area (TPSA) is 29.1 Å². The van der Waals surface area contributed by atoms with Crippen LogP contribution in [0, 0.1) is 5.41 Å². The third-order valence-electron chi connectivity index (χ3n) is 4.20. The maximum Gasteiger partial charge on any atom is 0.226 e. The van der Waals surface area contributed by atoms with Gasteiger partial charge in [0.05, 0.1) is 6.04 Å². The molecule has 2 rings (SSSR count). The molecule has 1 aliphatic carbocycles. The molecule has 0 heterocycles. The summed E-state index contributed by atoms with van der Waals surface area (Å²) in [6.07, 6.45) is 5.66. The van der Waals surface area contributed by atoms with Crippen molar-refractivity contribution in [1.82, 2.24) is 5.32 Å². The SMILES string of the molecule is CC(NC(=O)C1(C)CCCCC1)c1cccc(Br)c1. The van der Waals surface area contributed by atoms with E-state index in [1.54, 1.807) is 0 Å². The van der Waals surface area contributed by atoms with Crippen molar-refractivity contribution in [2.75, 3.05) is 0 Å². The van der Waals surface area contributed by atoms with E-state index in [2.05, 4.69) is 40.3 Å². The average molecular weight is 324 g/mol. The molecule has 19 heavy (non-hydrogen) atoms. The van der Waals surface area contributed by atoms with Crippen LogP contribution in [0.3, 0.4) is 0 Å². The molecule has 2 nitrogen and oxygen atoms in total. The summed E-state index contributed by atoms with van der Waals surface area (Å²) in [5.74, 6) is 0.208. The minimum Gasteiger partial charge on any atom is -0.349 e. The van der Waals surface area contributed by atoms with Crippen molar-refractivity contribution in [2.45, 2.75) is 52.0 Å². The van der Waals surface area contributed by atoms with Gasteiger partial charge in [-0.1, -0.05) is 54.2 Å². The molecule has 1 fully saturated rings. The first-order valence-corrected chi connectivity index (χ1v) is 7.87. The van der Waals surface area contributed by atoms with Gasteiger partial charge in [-0.2, -0.15) is 0 Å². The lowest BCUT2D eigenvalue weighted by Crippen LogP contribution is -2.41. The summed E-state index contributed by atoms with van der Waals surface area (Å²) in [6, 6.07) is 8.18. The van der Waals surface area contributed by atoms with Gasteiger partial charge < -0.3 is 5.32 Å². The molecule has 0 aliphatic heterocycles. The highest BCUT2D eigenvalue weighted by Crippen LogP contribution is 2.36. The average Bonchev–Trinajstić information content (AvgIpc) is 2.39. The zero-order chi connectivity index (χ0) is 13.9. The van der Waals surface area contributed by atoms with Crippen LogP contribution in [0.15, 0.2) is 28.7 Å². The number of hydrogen-bond donors (Lipinski definition) is 1. The monoisotopic (exact) mass is 323 g/mol. The highest BCUT2D eigenvalue weighted by Gasteiger charge is 2.35. The molecule has 3 heteroatoms. The van der Waals surface area contributed by atoms with Gasteiger partial charge in [0.15, 0.2) is 0 Å². The first-order chi connectivity index (χ1) is 9.01. The van der Waals surface area contributed by atoms with Gasteiger partial charge in [0.2, 0.25) is 5.91 Å². The van der Waals surface area contributed by atoms with Crippen LogP contribution in [0.4, 0.5) is 0 Å². The molecule has 0 radical (unpaired) electrons. The third-order valence-corrected chi connectivity index (χ3v) is 4.69. The number of nitrogens with one attached hydrogen (secondary N) is 1. The highest BCUT2D eigenvalue weighted by atomic mass is 79.9. The lowest BCUT2D eigenvalue weighted by Gasteiger charge is -2.33. The molecule has 0 spiro atoms. The number of rotatable bonds is 3. The van der Waals surface area contributed by atoms with Crippen LogP contribution in [-0.2, 0) is 4.79 Å². The van der Waals surface area contributed by atoms with Crippen LogP contribution in [0.25, 0.3) is 0 Å². The van der Waals surface area contributed by atoms with Crippen molar-refractivity contribution < 1.29 is 4.79 Å². The zero-order valence-corrected chi connectivity index (χ0v) is 13.3. The fourth-order valence-corrected chi connectivity index (χ4v) is 3.21. The molecule has 1 aromatic rings. The number of carbonyl (C=O) groups is 1. The van der Waals surface area contributed by atoms with Crippen LogP contribution < -0.4 is 5.32 Å². The lowest BCUT2D eigenvalue weighted by atomic mass is 9.75. The normalized spacial score (nSPS) is 19.7. The molecule has 1 aliphatic rings. The highest BCUT2D eigenvalue weighted by molar-refractivity contribution is 9.10. The predicted molar refractivity (Wildman–Crippen MR) is 81.9 cm³/mol. The minimum atomic E-state index is -0.168. The van der Waals surface area contributed by atoms with E-state index in [-0.39, 0.29) is 17.4 Å². The predicted octanol–water partition coefficient (Wildman–Crippen LogP) is 4.60. The van der Waals surface area contributed by atoms with Crippen molar-refractivity contribution in [1.29, 1.82) is 0 Å². The van der Waals surface area contributed by atoms with E-state index in [4.69, 9.17) is 0 Å². The summed E-state index contributed by atoms with van der Waals surface area (Å²) < 4.78 is 1.05. The van der Waals surface area contributed by atoms with Crippen molar-refractivity contribution in [3.05, 3.63) is 34.3 Å². The van der Waals surface area contributed by atoms with Gasteiger partial charge in [-0.15, -0.1) is 0 Å². The standard InChI is InChI=1S/C16H22BrNO/c1-12(13-7-6-8-14(17)11-13)18-15(19)16(2)9-4-3-5-10-16/h6-8,11-12H,3-5,9-10H2,1-2H3,(H,18,19). The molecule has 0 saturated heterocycles. The molecule has 1 unspecified atom stereocenters. The lowest BCUT2D eigenvalue weighted by molar-refractivity contribution is -0.132. The van der Waals surface area contributed by atoms with Crippen LogP contribution in [-0.4, -0.2) is 5.91 Å². The Labute approximate surface area is 124 Å². The van der Waals surface area contributed by atoms with E-state index in [9.17, 15) is 4.79 Å².